The van der Waals surface area contributed by atoms with Crippen molar-refractivity contribution in [3.05, 3.63) is 41.8 Å². The smallest absolute Gasteiger partial charge is 0.256 e. The lowest BCUT2D eigenvalue weighted by molar-refractivity contribution is 0.0758. The van der Waals surface area contributed by atoms with Crippen LogP contribution in [0.3, 0.4) is 0 Å². The second-order valence-corrected chi connectivity index (χ2v) is 6.51. The van der Waals surface area contributed by atoms with Crippen molar-refractivity contribution in [2.75, 3.05) is 19.1 Å². The van der Waals surface area contributed by atoms with Crippen molar-refractivity contribution in [2.24, 2.45) is 0 Å². The Morgan fingerprint density at radius 2 is 2.19 bits per heavy atom. The third-order valence-corrected chi connectivity index (χ3v) is 4.31. The fourth-order valence-electron chi connectivity index (χ4n) is 2.16. The van der Waals surface area contributed by atoms with Gasteiger partial charge in [0.1, 0.15) is 5.82 Å². The molecule has 0 bridgehead atoms. The molecule has 0 fully saturated rings. The molecule has 0 aliphatic heterocycles. The fourth-order valence-corrected chi connectivity index (χ4v) is 3.06. The third kappa shape index (κ3) is 3.44. The van der Waals surface area contributed by atoms with Crippen molar-refractivity contribution in [3.63, 3.8) is 0 Å². The second-order valence-electron chi connectivity index (χ2n) is 5.03. The molecule has 1 heterocycles. The van der Waals surface area contributed by atoms with Crippen molar-refractivity contribution >= 4 is 27.6 Å². The van der Waals surface area contributed by atoms with E-state index in [-0.39, 0.29) is 17.5 Å². The molecule has 2 atom stereocenters. The largest absolute Gasteiger partial charge is 0.338 e. The van der Waals surface area contributed by atoms with Gasteiger partial charge >= 0.3 is 0 Å². The number of hydrogen-bond acceptors (Lipinski definition) is 3. The summed E-state index contributed by atoms with van der Waals surface area (Å²) in [6, 6.07) is 5.76. The van der Waals surface area contributed by atoms with Gasteiger partial charge in [-0.05, 0) is 25.1 Å². The molecule has 0 unspecified atom stereocenters. The summed E-state index contributed by atoms with van der Waals surface area (Å²) >= 11 is 0. The summed E-state index contributed by atoms with van der Waals surface area (Å²) < 4.78 is 25.0. The summed E-state index contributed by atoms with van der Waals surface area (Å²) in [5.74, 6) is -0.418. The van der Waals surface area contributed by atoms with E-state index in [1.54, 1.807) is 31.6 Å². The van der Waals surface area contributed by atoms with Crippen LogP contribution in [0.25, 0.3) is 10.9 Å². The molecule has 0 aliphatic carbocycles. The molecule has 0 radical (unpaired) electrons. The Balaban J connectivity index is 2.41. The lowest BCUT2D eigenvalue weighted by atomic mass is 10.1. The number of rotatable bonds is 4. The van der Waals surface area contributed by atoms with E-state index in [9.17, 15) is 13.4 Å². The molecule has 21 heavy (non-hydrogen) atoms. The third-order valence-electron chi connectivity index (χ3n) is 3.36. The fraction of sp³-hybridized carbons (Fsp3) is 0.333. The van der Waals surface area contributed by atoms with Crippen LogP contribution in [0.4, 0.5) is 4.39 Å². The minimum atomic E-state index is -1.00. The zero-order chi connectivity index (χ0) is 15.6. The van der Waals surface area contributed by atoms with Gasteiger partial charge in [0.05, 0.1) is 11.1 Å². The highest BCUT2D eigenvalue weighted by Crippen LogP contribution is 2.20. The average molecular weight is 308 g/mol. The first-order chi connectivity index (χ1) is 9.90. The zero-order valence-electron chi connectivity index (χ0n) is 12.2. The summed E-state index contributed by atoms with van der Waals surface area (Å²) in [4.78, 5) is 18.2. The minimum absolute atomic E-state index is 0.203. The van der Waals surface area contributed by atoms with E-state index in [1.807, 2.05) is 6.92 Å². The summed E-state index contributed by atoms with van der Waals surface area (Å²) in [6.45, 7) is 1.81. The first kappa shape index (κ1) is 15.6. The molecular weight excluding hydrogens is 291 g/mol. The molecule has 2 aromatic rings. The molecule has 112 valence electrons. The maximum Gasteiger partial charge on any atom is 0.256 e. The number of hydrogen-bond donors (Lipinski definition) is 0. The first-order valence-electron chi connectivity index (χ1n) is 6.51. The standard InChI is InChI=1S/C15H17FN2O2S/c1-10(9-21(3)20)18(2)15(19)13-8-12(16)7-11-5-4-6-17-14(11)13/h4-8,10H,9H2,1-3H3/t10-,21-/m1/s1. The molecule has 2 rings (SSSR count). The van der Waals surface area contributed by atoms with Gasteiger partial charge in [-0.1, -0.05) is 6.07 Å². The van der Waals surface area contributed by atoms with Crippen molar-refractivity contribution in [1.29, 1.82) is 0 Å². The highest BCUT2D eigenvalue weighted by molar-refractivity contribution is 7.84. The maximum atomic E-state index is 13.7. The van der Waals surface area contributed by atoms with Crippen LogP contribution in [-0.2, 0) is 10.8 Å². The predicted octanol–water partition coefficient (Wildman–Crippen LogP) is 2.21. The molecule has 4 nitrogen and oxygen atoms in total. The maximum absolute atomic E-state index is 13.7. The van der Waals surface area contributed by atoms with Crippen LogP contribution in [0, 0.1) is 5.82 Å². The number of nitrogens with zero attached hydrogens (tertiary/aromatic N) is 2. The van der Waals surface area contributed by atoms with Crippen LogP contribution in [0.5, 0.6) is 0 Å². The van der Waals surface area contributed by atoms with Crippen molar-refractivity contribution < 1.29 is 13.4 Å². The molecule has 0 spiro atoms. The number of aromatic nitrogens is 1. The average Bonchev–Trinajstić information content (AvgIpc) is 2.44. The van der Waals surface area contributed by atoms with Gasteiger partial charge in [-0.3, -0.25) is 14.0 Å². The molecule has 0 N–H and O–H groups in total. The van der Waals surface area contributed by atoms with E-state index >= 15 is 0 Å². The first-order valence-corrected chi connectivity index (χ1v) is 8.24. The molecule has 6 heteroatoms. The summed E-state index contributed by atoms with van der Waals surface area (Å²) in [5, 5.41) is 0.584. The Hall–Kier alpha value is -1.82. The van der Waals surface area contributed by atoms with Crippen LogP contribution < -0.4 is 0 Å². The molecular formula is C15H17FN2O2S. The number of amides is 1. The normalized spacial score (nSPS) is 13.9. The van der Waals surface area contributed by atoms with E-state index in [1.165, 1.54) is 17.0 Å². The van der Waals surface area contributed by atoms with Gasteiger partial charge in [0.2, 0.25) is 0 Å². The molecule has 0 aliphatic rings. The number of halogens is 1. The highest BCUT2D eigenvalue weighted by Gasteiger charge is 2.21. The van der Waals surface area contributed by atoms with Crippen molar-refractivity contribution in [1.82, 2.24) is 9.88 Å². The molecule has 0 saturated heterocycles. The highest BCUT2D eigenvalue weighted by atomic mass is 32.2. The van der Waals surface area contributed by atoms with Crippen LogP contribution in [-0.4, -0.2) is 45.1 Å². The van der Waals surface area contributed by atoms with E-state index in [2.05, 4.69) is 4.98 Å². The predicted molar refractivity (Wildman–Crippen MR) is 82.2 cm³/mol. The van der Waals surface area contributed by atoms with Gasteiger partial charge in [0.25, 0.3) is 5.91 Å². The zero-order valence-corrected chi connectivity index (χ0v) is 13.0. The quantitative estimate of drug-likeness (QED) is 0.870. The molecule has 1 amide bonds. The SMILES string of the molecule is C[C@H](C[S@@](C)=O)N(C)C(=O)c1cc(F)cc2cccnc12. The number of pyridine rings is 1. The Labute approximate surface area is 125 Å². The Kier molecular flexibility index (Phi) is 4.67. The van der Waals surface area contributed by atoms with Gasteiger partial charge in [0.15, 0.2) is 0 Å². The number of benzene rings is 1. The van der Waals surface area contributed by atoms with E-state index in [0.29, 0.717) is 16.7 Å². The van der Waals surface area contributed by atoms with Crippen LogP contribution >= 0.6 is 0 Å². The number of carbonyl (C=O) groups excluding carboxylic acids is 1. The van der Waals surface area contributed by atoms with E-state index < -0.39 is 16.6 Å². The van der Waals surface area contributed by atoms with Gasteiger partial charge in [-0.2, -0.15) is 0 Å². The lowest BCUT2D eigenvalue weighted by Crippen LogP contribution is -2.38. The summed E-state index contributed by atoms with van der Waals surface area (Å²) in [7, 11) is 0.620. The topological polar surface area (TPSA) is 50.3 Å². The van der Waals surface area contributed by atoms with Crippen molar-refractivity contribution in [3.8, 4) is 0 Å². The summed E-state index contributed by atoms with van der Waals surface area (Å²) in [6.07, 6.45) is 3.16. The molecule has 1 aromatic heterocycles. The van der Waals surface area contributed by atoms with Gasteiger partial charge < -0.3 is 4.90 Å². The Morgan fingerprint density at radius 1 is 1.48 bits per heavy atom. The van der Waals surface area contributed by atoms with E-state index in [4.69, 9.17) is 0 Å². The molecule has 1 aromatic carbocycles. The Bertz CT molecular complexity index is 705. The van der Waals surface area contributed by atoms with Gasteiger partial charge in [-0.15, -0.1) is 0 Å². The monoisotopic (exact) mass is 308 g/mol. The van der Waals surface area contributed by atoms with Crippen LogP contribution in [0.2, 0.25) is 0 Å². The van der Waals surface area contributed by atoms with Crippen LogP contribution in [0.1, 0.15) is 17.3 Å². The Morgan fingerprint density at radius 3 is 2.86 bits per heavy atom. The number of fused-ring (bicyclic) bond motifs is 1. The minimum Gasteiger partial charge on any atom is -0.338 e. The second kappa shape index (κ2) is 6.30. The molecule has 0 saturated carbocycles. The van der Waals surface area contributed by atoms with E-state index in [0.717, 1.165) is 0 Å². The van der Waals surface area contributed by atoms with Crippen molar-refractivity contribution in [2.45, 2.75) is 13.0 Å². The lowest BCUT2D eigenvalue weighted by Gasteiger charge is -2.24. The summed E-state index contributed by atoms with van der Waals surface area (Å²) in [5.41, 5.74) is 0.697. The van der Waals surface area contributed by atoms with Gasteiger partial charge in [-0.25, -0.2) is 4.39 Å². The van der Waals surface area contributed by atoms with Crippen LogP contribution in [0.15, 0.2) is 30.5 Å². The number of carbonyl (C=O) groups is 1. The van der Waals surface area contributed by atoms with Gasteiger partial charge in [0, 0.05) is 47.5 Å².